The summed E-state index contributed by atoms with van der Waals surface area (Å²) in [5.74, 6) is -1.84. The Bertz CT molecular complexity index is 1270. The topological polar surface area (TPSA) is 105 Å². The lowest BCUT2D eigenvalue weighted by molar-refractivity contribution is -0.0521. The third-order valence-corrected chi connectivity index (χ3v) is 4.37. The average Bonchev–Trinajstić information content (AvgIpc) is 2.97. The van der Waals surface area contributed by atoms with Gasteiger partial charge in [-0.1, -0.05) is 6.07 Å². The zero-order valence-electron chi connectivity index (χ0n) is 15.4. The monoisotopic (exact) mass is 418 g/mol. The lowest BCUT2D eigenvalue weighted by Gasteiger charge is -2.15. The molecule has 2 heterocycles. The quantitative estimate of drug-likeness (QED) is 0.488. The number of alkyl halides is 2. The maximum absolute atomic E-state index is 14.3. The molecule has 0 spiro atoms. The summed E-state index contributed by atoms with van der Waals surface area (Å²) in [4.78, 5) is 12.5. The summed E-state index contributed by atoms with van der Waals surface area (Å²) in [6.07, 6.45) is 0. The van der Waals surface area contributed by atoms with Gasteiger partial charge < -0.3 is 16.2 Å². The van der Waals surface area contributed by atoms with Crippen LogP contribution in [0.4, 0.5) is 29.3 Å². The molecule has 0 radical (unpaired) electrons. The van der Waals surface area contributed by atoms with E-state index in [2.05, 4.69) is 19.7 Å². The lowest BCUT2D eigenvalue weighted by Crippen LogP contribution is -2.10. The number of imidazole rings is 1. The molecule has 0 fully saturated rings. The number of nitrogens with two attached hydrogens (primary N) is 2. The van der Waals surface area contributed by atoms with Gasteiger partial charge in [-0.25, -0.2) is 13.8 Å². The average molecular weight is 418 g/mol. The molecule has 30 heavy (non-hydrogen) atoms. The molecule has 11 heteroatoms. The maximum Gasteiger partial charge on any atom is 0.387 e. The molecule has 2 aromatic carbocycles. The van der Waals surface area contributed by atoms with Gasteiger partial charge in [0.15, 0.2) is 17.4 Å². The van der Waals surface area contributed by atoms with Crippen molar-refractivity contribution in [3.05, 3.63) is 53.9 Å². The van der Waals surface area contributed by atoms with Crippen LogP contribution in [0.25, 0.3) is 28.0 Å². The van der Waals surface area contributed by atoms with Crippen LogP contribution >= 0.6 is 0 Å². The van der Waals surface area contributed by atoms with Crippen molar-refractivity contribution in [3.8, 4) is 22.7 Å². The summed E-state index contributed by atoms with van der Waals surface area (Å²) in [6.45, 7) is -1.52. The Morgan fingerprint density at radius 2 is 1.77 bits per heavy atom. The molecule has 0 saturated carbocycles. The van der Waals surface area contributed by atoms with E-state index in [1.165, 1.54) is 28.8 Å². The molecule has 0 aliphatic heterocycles. The van der Waals surface area contributed by atoms with E-state index >= 15 is 0 Å². The molecule has 0 saturated heterocycles. The first-order valence-electron chi connectivity index (χ1n) is 8.57. The summed E-state index contributed by atoms with van der Waals surface area (Å²) in [7, 11) is 0. The van der Waals surface area contributed by atoms with Gasteiger partial charge in [-0.15, -0.1) is 0 Å². The number of hydrogen-bond donors (Lipinski definition) is 2. The highest BCUT2D eigenvalue weighted by atomic mass is 19.3. The van der Waals surface area contributed by atoms with Crippen LogP contribution in [0.2, 0.25) is 0 Å². The number of hydrogen-bond acceptors (Lipinski definition) is 6. The Morgan fingerprint density at radius 1 is 1.00 bits per heavy atom. The second-order valence-corrected chi connectivity index (χ2v) is 6.32. The van der Waals surface area contributed by atoms with E-state index in [0.29, 0.717) is 16.9 Å². The minimum absolute atomic E-state index is 0.0860. The van der Waals surface area contributed by atoms with Gasteiger partial charge >= 0.3 is 6.61 Å². The van der Waals surface area contributed by atoms with Crippen molar-refractivity contribution in [2.45, 2.75) is 13.5 Å². The Kier molecular flexibility index (Phi) is 4.65. The first-order chi connectivity index (χ1) is 14.2. The standard InChI is InChI=1S/C19H14F4N6O/c1-8-26-12-4-3-10(20)7-13(12)29(8)17-15(16(24)27-19(25)28-17)9-2-5-14(11(21)6-9)30-18(22)23/h2-7,18H,1H3,(H4,24,25,27,28). The van der Waals surface area contributed by atoms with Gasteiger partial charge in [0, 0.05) is 6.07 Å². The predicted molar refractivity (Wildman–Crippen MR) is 102 cm³/mol. The number of rotatable bonds is 4. The van der Waals surface area contributed by atoms with Crippen molar-refractivity contribution in [2.75, 3.05) is 11.5 Å². The summed E-state index contributed by atoms with van der Waals surface area (Å²) < 4.78 is 58.7. The third-order valence-electron chi connectivity index (χ3n) is 4.37. The van der Waals surface area contributed by atoms with Crippen molar-refractivity contribution in [2.24, 2.45) is 0 Å². The molecule has 2 aromatic heterocycles. The van der Waals surface area contributed by atoms with Crippen LogP contribution in [0.1, 0.15) is 5.82 Å². The van der Waals surface area contributed by atoms with Gasteiger partial charge in [0.2, 0.25) is 5.95 Å². The minimum atomic E-state index is -3.18. The van der Waals surface area contributed by atoms with Crippen molar-refractivity contribution < 1.29 is 22.3 Å². The zero-order valence-corrected chi connectivity index (χ0v) is 15.4. The molecule has 154 valence electrons. The molecule has 4 N–H and O–H groups in total. The van der Waals surface area contributed by atoms with Crippen molar-refractivity contribution in [1.82, 2.24) is 19.5 Å². The minimum Gasteiger partial charge on any atom is -0.432 e. The highest BCUT2D eigenvalue weighted by molar-refractivity contribution is 5.85. The number of nitrogen functional groups attached to an aromatic ring is 2. The predicted octanol–water partition coefficient (Wildman–Crippen LogP) is 3.83. The van der Waals surface area contributed by atoms with E-state index in [4.69, 9.17) is 11.5 Å². The molecule has 7 nitrogen and oxygen atoms in total. The van der Waals surface area contributed by atoms with Crippen LogP contribution in [0.15, 0.2) is 36.4 Å². The second kappa shape index (κ2) is 7.17. The van der Waals surface area contributed by atoms with Crippen LogP contribution in [0.3, 0.4) is 0 Å². The number of nitrogens with zero attached hydrogens (tertiary/aromatic N) is 4. The number of benzene rings is 2. The van der Waals surface area contributed by atoms with Crippen LogP contribution in [0.5, 0.6) is 5.75 Å². The molecule has 0 amide bonds. The fourth-order valence-electron chi connectivity index (χ4n) is 3.21. The van der Waals surface area contributed by atoms with Gasteiger partial charge in [-0.05, 0) is 36.8 Å². The number of ether oxygens (including phenoxy) is 1. The van der Waals surface area contributed by atoms with Gasteiger partial charge in [-0.3, -0.25) is 4.57 Å². The van der Waals surface area contributed by atoms with Crippen LogP contribution in [-0.2, 0) is 0 Å². The van der Waals surface area contributed by atoms with Crippen molar-refractivity contribution >= 4 is 22.8 Å². The van der Waals surface area contributed by atoms with Gasteiger partial charge in [0.1, 0.15) is 17.5 Å². The third kappa shape index (κ3) is 3.34. The molecule has 4 aromatic rings. The number of aryl methyl sites for hydroxylation is 1. The SMILES string of the molecule is Cc1nc2ccc(F)cc2n1-c1nc(N)nc(N)c1-c1ccc(OC(F)F)c(F)c1. The van der Waals surface area contributed by atoms with Gasteiger partial charge in [-0.2, -0.15) is 18.7 Å². The zero-order chi connectivity index (χ0) is 21.6. The van der Waals surface area contributed by atoms with Gasteiger partial charge in [0.05, 0.1) is 16.6 Å². The Morgan fingerprint density at radius 3 is 2.47 bits per heavy atom. The summed E-state index contributed by atoms with van der Waals surface area (Å²) in [6, 6.07) is 7.34. The fourth-order valence-corrected chi connectivity index (χ4v) is 3.21. The van der Waals surface area contributed by atoms with Crippen LogP contribution < -0.4 is 16.2 Å². The number of fused-ring (bicyclic) bond motifs is 1. The van der Waals surface area contributed by atoms with Gasteiger partial charge in [0.25, 0.3) is 0 Å². The maximum atomic E-state index is 14.3. The highest BCUT2D eigenvalue weighted by Gasteiger charge is 2.21. The molecule has 0 unspecified atom stereocenters. The molecular formula is C19H14F4N6O. The first kappa shape index (κ1) is 19.4. The van der Waals surface area contributed by atoms with Crippen LogP contribution in [-0.4, -0.2) is 26.1 Å². The van der Waals surface area contributed by atoms with Crippen molar-refractivity contribution in [1.29, 1.82) is 0 Å². The van der Waals surface area contributed by atoms with E-state index in [-0.39, 0.29) is 28.7 Å². The van der Waals surface area contributed by atoms with Crippen molar-refractivity contribution in [3.63, 3.8) is 0 Å². The first-order valence-corrected chi connectivity index (χ1v) is 8.57. The number of anilines is 2. The Balaban J connectivity index is 1.98. The van der Waals surface area contributed by atoms with E-state index < -0.39 is 24.0 Å². The number of halogens is 4. The summed E-state index contributed by atoms with van der Waals surface area (Å²) >= 11 is 0. The molecule has 4 rings (SSSR count). The Hall–Kier alpha value is -3.89. The smallest absolute Gasteiger partial charge is 0.387 e. The molecule has 0 bridgehead atoms. The molecule has 0 aliphatic rings. The summed E-state index contributed by atoms with van der Waals surface area (Å²) in [5, 5.41) is 0. The summed E-state index contributed by atoms with van der Waals surface area (Å²) in [5.41, 5.74) is 13.0. The molecule has 0 atom stereocenters. The molecular weight excluding hydrogens is 404 g/mol. The fraction of sp³-hybridized carbons (Fsp3) is 0.105. The van der Waals surface area contributed by atoms with E-state index in [9.17, 15) is 17.6 Å². The molecule has 0 aliphatic carbocycles. The van der Waals surface area contributed by atoms with E-state index in [1.54, 1.807) is 6.92 Å². The highest BCUT2D eigenvalue weighted by Crippen LogP contribution is 2.35. The van der Waals surface area contributed by atoms with Crippen LogP contribution in [0, 0.1) is 18.6 Å². The number of aromatic nitrogens is 4. The van der Waals surface area contributed by atoms with E-state index in [1.807, 2.05) is 0 Å². The Labute approximate surface area is 166 Å². The van der Waals surface area contributed by atoms with E-state index in [0.717, 1.165) is 12.1 Å². The second-order valence-electron chi connectivity index (χ2n) is 6.32. The normalized spacial score (nSPS) is 11.4. The lowest BCUT2D eigenvalue weighted by atomic mass is 10.1. The largest absolute Gasteiger partial charge is 0.432 e.